The van der Waals surface area contributed by atoms with Crippen molar-refractivity contribution in [3.8, 4) is 34.7 Å². The number of aliphatic carboxylic acids is 2. The highest BCUT2D eigenvalue weighted by atomic mass is 35.5. The van der Waals surface area contributed by atoms with Crippen LogP contribution in [0.2, 0.25) is 0 Å². The van der Waals surface area contributed by atoms with E-state index in [1.54, 1.807) is 42.5 Å². The lowest BCUT2D eigenvalue weighted by atomic mass is 9.98. The van der Waals surface area contributed by atoms with Gasteiger partial charge in [-0.25, -0.2) is 4.79 Å². The first-order valence-electron chi connectivity index (χ1n) is 11.6. The van der Waals surface area contributed by atoms with Crippen molar-refractivity contribution < 1.29 is 34.2 Å². The van der Waals surface area contributed by atoms with Gasteiger partial charge in [0.25, 0.3) is 5.89 Å². The normalized spacial score (nSPS) is 12.4. The number of fused-ring (bicyclic) bond motifs is 1. The summed E-state index contributed by atoms with van der Waals surface area (Å²) in [4.78, 5) is 27.0. The van der Waals surface area contributed by atoms with Gasteiger partial charge in [0.15, 0.2) is 0 Å². The lowest BCUT2D eigenvalue weighted by Gasteiger charge is -2.23. The average Bonchev–Trinajstić information content (AvgIpc) is 3.36. The summed E-state index contributed by atoms with van der Waals surface area (Å²) < 4.78 is 11.1. The van der Waals surface area contributed by atoms with Crippen LogP contribution in [0.25, 0.3) is 33.6 Å². The maximum absolute atomic E-state index is 11.5. The minimum absolute atomic E-state index is 0. The van der Waals surface area contributed by atoms with Crippen LogP contribution in [-0.4, -0.2) is 49.2 Å². The quantitative estimate of drug-likeness (QED) is 0.209. The largest absolute Gasteiger partial charge is 0.490 e. The molecule has 1 aromatic heterocycles. The number of aliphatic hydroxyl groups is 1. The van der Waals surface area contributed by atoms with E-state index in [9.17, 15) is 25.1 Å². The Morgan fingerprint density at radius 2 is 1.85 bits per heavy atom. The fourth-order valence-electron chi connectivity index (χ4n) is 3.94. The van der Waals surface area contributed by atoms with E-state index in [-0.39, 0.29) is 30.9 Å². The van der Waals surface area contributed by atoms with Crippen molar-refractivity contribution in [1.82, 2.24) is 15.5 Å². The zero-order chi connectivity index (χ0) is 27.4. The molecule has 0 aliphatic heterocycles. The van der Waals surface area contributed by atoms with Crippen LogP contribution < -0.4 is 10.1 Å². The smallest absolute Gasteiger partial charge is 0.351 e. The Kier molecular flexibility index (Phi) is 8.88. The molecule has 0 saturated heterocycles. The number of halogens is 1. The molecular weight excluding hydrogens is 528 g/mol. The molecule has 1 heterocycles. The maximum atomic E-state index is 11.5. The van der Waals surface area contributed by atoms with E-state index >= 15 is 0 Å². The Balaban J connectivity index is 0.00000420. The van der Waals surface area contributed by atoms with Gasteiger partial charge < -0.3 is 24.6 Å². The van der Waals surface area contributed by atoms with Crippen LogP contribution in [0.3, 0.4) is 0 Å². The van der Waals surface area contributed by atoms with E-state index in [2.05, 4.69) is 21.5 Å². The summed E-state index contributed by atoms with van der Waals surface area (Å²) in [7, 11) is 0. The predicted molar refractivity (Wildman–Crippen MR) is 142 cm³/mol. The number of nitrogens with one attached hydrogen (secondary N) is 1. The zero-order valence-electron chi connectivity index (χ0n) is 20.9. The number of carboxylic acid groups (broad SMARTS) is 2. The molecule has 12 heteroatoms. The Bertz CT molecular complexity index is 1560. The highest BCUT2D eigenvalue weighted by Gasteiger charge is 2.38. The molecule has 0 spiro atoms. The number of ether oxygens (including phenoxy) is 1. The van der Waals surface area contributed by atoms with E-state index < -0.39 is 24.1 Å². The molecule has 4 rings (SSSR count). The molecule has 0 amide bonds. The number of rotatable bonds is 10. The third kappa shape index (κ3) is 6.32. The van der Waals surface area contributed by atoms with Crippen LogP contribution in [0.4, 0.5) is 0 Å². The van der Waals surface area contributed by atoms with Crippen molar-refractivity contribution in [1.29, 1.82) is 5.26 Å². The maximum Gasteiger partial charge on any atom is 0.351 e. The van der Waals surface area contributed by atoms with Crippen LogP contribution in [-0.2, 0) is 16.1 Å². The second-order valence-corrected chi connectivity index (χ2v) is 8.82. The topological polar surface area (TPSA) is 179 Å². The molecule has 0 fully saturated rings. The van der Waals surface area contributed by atoms with Gasteiger partial charge >= 0.3 is 11.9 Å². The van der Waals surface area contributed by atoms with E-state index in [0.717, 1.165) is 5.39 Å². The molecule has 202 valence electrons. The van der Waals surface area contributed by atoms with Crippen LogP contribution in [0, 0.1) is 11.3 Å². The summed E-state index contributed by atoms with van der Waals surface area (Å²) in [6.45, 7) is 3.62. The van der Waals surface area contributed by atoms with Gasteiger partial charge in [-0.2, -0.15) is 10.2 Å². The van der Waals surface area contributed by atoms with Gasteiger partial charge in [-0.05, 0) is 48.4 Å². The third-order valence-corrected chi connectivity index (χ3v) is 5.72. The second kappa shape index (κ2) is 11.9. The number of hydrogen-bond acceptors (Lipinski definition) is 9. The lowest BCUT2D eigenvalue weighted by Crippen LogP contribution is -2.53. The summed E-state index contributed by atoms with van der Waals surface area (Å²) in [5.41, 5.74) is -0.488. The molecule has 1 unspecified atom stereocenters. The molecule has 0 saturated carbocycles. The summed E-state index contributed by atoms with van der Waals surface area (Å²) in [6.07, 6.45) is -1.10. The van der Waals surface area contributed by atoms with E-state index in [1.165, 1.54) is 0 Å². The Morgan fingerprint density at radius 3 is 2.49 bits per heavy atom. The highest BCUT2D eigenvalue weighted by Crippen LogP contribution is 2.32. The fourth-order valence-corrected chi connectivity index (χ4v) is 3.94. The molecule has 0 aliphatic rings. The molecule has 3 aromatic carbocycles. The van der Waals surface area contributed by atoms with Gasteiger partial charge in [0, 0.05) is 17.7 Å². The molecular formula is C27H25ClN4O7. The molecule has 0 radical (unpaired) electrons. The summed E-state index contributed by atoms with van der Waals surface area (Å²) >= 11 is 0. The standard InChI is InChI=1S/C27H24N4O7.ClH/c1-15(2)37-22-10-8-16(11-18(22)13-28)25-30-24(31-38-25)21-9-7-17(19-5-3-4-6-20(19)21)14-29-27(36,26(34)35)12-23(32)33;/h3-11,15,29,36H,12,14H2,1-2H3,(H,32,33)(H,34,35);1H. The van der Waals surface area contributed by atoms with Crippen LogP contribution in [0.1, 0.15) is 31.4 Å². The highest BCUT2D eigenvalue weighted by molar-refractivity contribution is 5.97. The predicted octanol–water partition coefficient (Wildman–Crippen LogP) is 3.97. The van der Waals surface area contributed by atoms with E-state index in [4.69, 9.17) is 14.4 Å². The van der Waals surface area contributed by atoms with Gasteiger partial charge in [-0.3, -0.25) is 10.1 Å². The van der Waals surface area contributed by atoms with Gasteiger partial charge in [0.1, 0.15) is 11.8 Å². The average molecular weight is 553 g/mol. The first-order valence-corrected chi connectivity index (χ1v) is 11.6. The van der Waals surface area contributed by atoms with E-state index in [1.807, 2.05) is 26.0 Å². The van der Waals surface area contributed by atoms with Crippen molar-refractivity contribution in [3.63, 3.8) is 0 Å². The monoisotopic (exact) mass is 552 g/mol. The Labute approximate surface area is 229 Å². The van der Waals surface area contributed by atoms with Gasteiger partial charge in [-0.1, -0.05) is 41.6 Å². The van der Waals surface area contributed by atoms with Crippen molar-refractivity contribution in [2.75, 3.05) is 0 Å². The minimum atomic E-state index is -2.63. The van der Waals surface area contributed by atoms with Gasteiger partial charge in [-0.15, -0.1) is 12.4 Å². The Hall–Kier alpha value is -4.50. The van der Waals surface area contributed by atoms with Crippen molar-refractivity contribution >= 4 is 35.1 Å². The SMILES string of the molecule is CC(C)Oc1ccc(-c2nc(-c3ccc(CNC(O)(CC(=O)O)C(=O)O)c4ccccc34)no2)cc1C#N.Cl. The number of nitriles is 1. The number of carbonyl (C=O) groups is 2. The number of carboxylic acids is 2. The number of nitrogens with zero attached hydrogens (tertiary/aromatic N) is 3. The second-order valence-electron chi connectivity index (χ2n) is 8.82. The van der Waals surface area contributed by atoms with Crippen molar-refractivity contribution in [2.45, 2.75) is 38.6 Å². The molecule has 39 heavy (non-hydrogen) atoms. The molecule has 1 atom stereocenters. The Morgan fingerprint density at radius 1 is 1.13 bits per heavy atom. The van der Waals surface area contributed by atoms with Crippen LogP contribution in [0.15, 0.2) is 59.1 Å². The fraction of sp³-hybridized carbons (Fsp3) is 0.222. The number of aromatic nitrogens is 2. The lowest BCUT2D eigenvalue weighted by molar-refractivity contribution is -0.169. The van der Waals surface area contributed by atoms with Crippen molar-refractivity contribution in [2.24, 2.45) is 0 Å². The minimum Gasteiger partial charge on any atom is -0.490 e. The third-order valence-electron chi connectivity index (χ3n) is 5.72. The molecule has 11 nitrogen and oxygen atoms in total. The van der Waals surface area contributed by atoms with Crippen LogP contribution >= 0.6 is 12.4 Å². The number of benzene rings is 3. The summed E-state index contributed by atoms with van der Waals surface area (Å²) in [5.74, 6) is -2.19. The summed E-state index contributed by atoms with van der Waals surface area (Å²) in [6, 6.07) is 17.8. The molecule has 4 aromatic rings. The van der Waals surface area contributed by atoms with Crippen molar-refractivity contribution in [3.05, 3.63) is 65.7 Å². The number of hydrogen-bond donors (Lipinski definition) is 4. The van der Waals surface area contributed by atoms with Gasteiger partial charge in [0.2, 0.25) is 11.5 Å². The first-order chi connectivity index (χ1) is 18.1. The zero-order valence-corrected chi connectivity index (χ0v) is 21.7. The van der Waals surface area contributed by atoms with E-state index in [0.29, 0.717) is 39.2 Å². The molecule has 0 aliphatic carbocycles. The van der Waals surface area contributed by atoms with Crippen LogP contribution in [0.5, 0.6) is 5.75 Å². The van der Waals surface area contributed by atoms with Gasteiger partial charge in [0.05, 0.1) is 18.1 Å². The molecule has 0 bridgehead atoms. The first kappa shape index (κ1) is 29.1. The summed E-state index contributed by atoms with van der Waals surface area (Å²) in [5, 5.41) is 46.1. The molecule has 4 N–H and O–H groups in total.